The van der Waals surface area contributed by atoms with Gasteiger partial charge < -0.3 is 15.2 Å². The summed E-state index contributed by atoms with van der Waals surface area (Å²) < 4.78 is 5.50. The summed E-state index contributed by atoms with van der Waals surface area (Å²) in [4.78, 5) is 11.0. The highest BCUT2D eigenvalue weighted by atomic mass is 16.5. The van der Waals surface area contributed by atoms with E-state index in [0.29, 0.717) is 24.1 Å². The second-order valence-corrected chi connectivity index (χ2v) is 4.72. The number of carboxylic acid groups (broad SMARTS) is 1. The van der Waals surface area contributed by atoms with Crippen molar-refractivity contribution >= 4 is 5.97 Å². The van der Waals surface area contributed by atoms with Gasteiger partial charge in [-0.25, -0.2) is 4.79 Å². The number of hydrogen-bond donors (Lipinski definition) is 2. The fourth-order valence-electron chi connectivity index (χ4n) is 2.32. The molecule has 2 rings (SSSR count). The molecule has 4 nitrogen and oxygen atoms in total. The minimum atomic E-state index is -0.870. The number of benzene rings is 1. The van der Waals surface area contributed by atoms with E-state index in [1.165, 1.54) is 0 Å². The Morgan fingerprint density at radius 1 is 1.50 bits per heavy atom. The predicted octanol–water partition coefficient (Wildman–Crippen LogP) is 1.90. The Hall–Kier alpha value is -1.39. The van der Waals surface area contributed by atoms with Crippen LogP contribution in [0.4, 0.5) is 0 Å². The van der Waals surface area contributed by atoms with Gasteiger partial charge in [-0.15, -0.1) is 0 Å². The van der Waals surface area contributed by atoms with E-state index in [1.807, 2.05) is 12.1 Å². The van der Waals surface area contributed by atoms with Gasteiger partial charge in [-0.05, 0) is 30.9 Å². The minimum Gasteiger partial charge on any atom is -0.478 e. The summed E-state index contributed by atoms with van der Waals surface area (Å²) in [5.41, 5.74) is 1.21. The first-order valence-corrected chi connectivity index (χ1v) is 6.32. The molecule has 2 unspecified atom stereocenters. The molecule has 0 bridgehead atoms. The molecule has 2 N–H and O–H groups in total. The normalized spacial score (nSPS) is 23.2. The Balaban J connectivity index is 1.88. The summed E-state index contributed by atoms with van der Waals surface area (Å²) in [6, 6.07) is 7.11. The minimum absolute atomic E-state index is 0.298. The quantitative estimate of drug-likeness (QED) is 0.836. The molecule has 0 radical (unpaired) electrons. The molecule has 0 aromatic heterocycles. The SMILES string of the molecule is CC1OCCC1CNCc1ccccc1C(=O)O. The van der Waals surface area contributed by atoms with Crippen molar-refractivity contribution in [1.29, 1.82) is 0 Å². The van der Waals surface area contributed by atoms with Crippen molar-refractivity contribution in [2.75, 3.05) is 13.2 Å². The number of carbonyl (C=O) groups is 1. The molecule has 1 saturated heterocycles. The summed E-state index contributed by atoms with van der Waals surface area (Å²) in [5.74, 6) is -0.341. The first kappa shape index (κ1) is 13.1. The van der Waals surface area contributed by atoms with Crippen LogP contribution in [0.15, 0.2) is 24.3 Å². The van der Waals surface area contributed by atoms with Crippen LogP contribution < -0.4 is 5.32 Å². The highest BCUT2D eigenvalue weighted by Crippen LogP contribution is 2.19. The predicted molar refractivity (Wildman–Crippen MR) is 68.6 cm³/mol. The molecule has 0 spiro atoms. The van der Waals surface area contributed by atoms with E-state index in [2.05, 4.69) is 12.2 Å². The van der Waals surface area contributed by atoms with Crippen LogP contribution in [0.3, 0.4) is 0 Å². The van der Waals surface area contributed by atoms with Crippen LogP contribution >= 0.6 is 0 Å². The maximum Gasteiger partial charge on any atom is 0.336 e. The molecule has 1 heterocycles. The zero-order valence-electron chi connectivity index (χ0n) is 10.6. The van der Waals surface area contributed by atoms with Gasteiger partial charge in [-0.3, -0.25) is 0 Å². The molecule has 2 atom stereocenters. The number of aromatic carboxylic acids is 1. The van der Waals surface area contributed by atoms with Gasteiger partial charge in [0.2, 0.25) is 0 Å². The standard InChI is InChI=1S/C14H19NO3/c1-10-11(6-7-18-10)8-15-9-12-4-2-3-5-13(12)14(16)17/h2-5,10-11,15H,6-9H2,1H3,(H,16,17). The van der Waals surface area contributed by atoms with Crippen molar-refractivity contribution < 1.29 is 14.6 Å². The zero-order valence-corrected chi connectivity index (χ0v) is 10.6. The monoisotopic (exact) mass is 249 g/mol. The average molecular weight is 249 g/mol. The highest BCUT2D eigenvalue weighted by Gasteiger charge is 2.23. The average Bonchev–Trinajstić information content (AvgIpc) is 2.76. The van der Waals surface area contributed by atoms with Crippen LogP contribution in [0.1, 0.15) is 29.3 Å². The molecular weight excluding hydrogens is 230 g/mol. The first-order valence-electron chi connectivity index (χ1n) is 6.32. The van der Waals surface area contributed by atoms with Crippen molar-refractivity contribution in [1.82, 2.24) is 5.32 Å². The Morgan fingerprint density at radius 2 is 2.28 bits per heavy atom. The third kappa shape index (κ3) is 3.09. The first-order chi connectivity index (χ1) is 8.68. The van der Waals surface area contributed by atoms with Gasteiger partial charge in [0.1, 0.15) is 0 Å². The molecular formula is C14H19NO3. The lowest BCUT2D eigenvalue weighted by Gasteiger charge is -2.15. The van der Waals surface area contributed by atoms with Crippen LogP contribution in [0.25, 0.3) is 0 Å². The van der Waals surface area contributed by atoms with E-state index >= 15 is 0 Å². The number of ether oxygens (including phenoxy) is 1. The van der Waals surface area contributed by atoms with E-state index in [9.17, 15) is 4.79 Å². The lowest BCUT2D eigenvalue weighted by atomic mass is 10.0. The van der Waals surface area contributed by atoms with Gasteiger partial charge >= 0.3 is 5.97 Å². The molecule has 0 amide bonds. The Kier molecular flexibility index (Phi) is 4.33. The van der Waals surface area contributed by atoms with Gasteiger partial charge in [0, 0.05) is 19.7 Å². The number of carboxylic acids is 1. The maximum absolute atomic E-state index is 11.0. The molecule has 98 valence electrons. The van der Waals surface area contributed by atoms with Gasteiger partial charge in [-0.1, -0.05) is 18.2 Å². The van der Waals surface area contributed by atoms with E-state index in [-0.39, 0.29) is 0 Å². The summed E-state index contributed by atoms with van der Waals surface area (Å²) in [7, 11) is 0. The Bertz CT molecular complexity index is 419. The van der Waals surface area contributed by atoms with Crippen molar-refractivity contribution in [3.05, 3.63) is 35.4 Å². The van der Waals surface area contributed by atoms with Crippen LogP contribution in [-0.2, 0) is 11.3 Å². The van der Waals surface area contributed by atoms with Gasteiger partial charge in [0.25, 0.3) is 0 Å². The lowest BCUT2D eigenvalue weighted by Crippen LogP contribution is -2.27. The molecule has 1 aliphatic heterocycles. The molecule has 0 saturated carbocycles. The lowest BCUT2D eigenvalue weighted by molar-refractivity contribution is 0.0695. The van der Waals surface area contributed by atoms with Crippen molar-refractivity contribution in [3.63, 3.8) is 0 Å². The zero-order chi connectivity index (χ0) is 13.0. The fourth-order valence-corrected chi connectivity index (χ4v) is 2.32. The summed E-state index contributed by atoms with van der Waals surface area (Å²) >= 11 is 0. The molecule has 4 heteroatoms. The summed E-state index contributed by atoms with van der Waals surface area (Å²) in [5, 5.41) is 12.4. The third-order valence-electron chi connectivity index (χ3n) is 3.50. The third-order valence-corrected chi connectivity index (χ3v) is 3.50. The van der Waals surface area contributed by atoms with E-state index < -0.39 is 5.97 Å². The summed E-state index contributed by atoms with van der Waals surface area (Å²) in [6.07, 6.45) is 1.38. The topological polar surface area (TPSA) is 58.6 Å². The molecule has 1 aliphatic rings. The van der Waals surface area contributed by atoms with E-state index in [4.69, 9.17) is 9.84 Å². The van der Waals surface area contributed by atoms with Crippen LogP contribution in [0, 0.1) is 5.92 Å². The molecule has 0 aliphatic carbocycles. The Labute approximate surface area is 107 Å². The molecule has 1 fully saturated rings. The molecule has 18 heavy (non-hydrogen) atoms. The van der Waals surface area contributed by atoms with E-state index in [0.717, 1.165) is 25.1 Å². The smallest absolute Gasteiger partial charge is 0.336 e. The van der Waals surface area contributed by atoms with Gasteiger partial charge in [0.15, 0.2) is 0 Å². The molecule has 1 aromatic carbocycles. The van der Waals surface area contributed by atoms with Crippen molar-refractivity contribution in [2.24, 2.45) is 5.92 Å². The van der Waals surface area contributed by atoms with Crippen molar-refractivity contribution in [3.8, 4) is 0 Å². The van der Waals surface area contributed by atoms with Crippen LogP contribution in [-0.4, -0.2) is 30.3 Å². The van der Waals surface area contributed by atoms with Gasteiger partial charge in [0.05, 0.1) is 11.7 Å². The number of nitrogens with one attached hydrogen (secondary N) is 1. The number of hydrogen-bond acceptors (Lipinski definition) is 3. The highest BCUT2D eigenvalue weighted by molar-refractivity contribution is 5.89. The van der Waals surface area contributed by atoms with Crippen molar-refractivity contribution in [2.45, 2.75) is 26.0 Å². The second-order valence-electron chi connectivity index (χ2n) is 4.72. The van der Waals surface area contributed by atoms with E-state index in [1.54, 1.807) is 12.1 Å². The Morgan fingerprint density at radius 3 is 2.94 bits per heavy atom. The largest absolute Gasteiger partial charge is 0.478 e. The number of rotatable bonds is 5. The summed E-state index contributed by atoms with van der Waals surface area (Å²) in [6.45, 7) is 4.38. The fraction of sp³-hybridized carbons (Fsp3) is 0.500. The van der Waals surface area contributed by atoms with Crippen LogP contribution in [0.2, 0.25) is 0 Å². The molecule has 1 aromatic rings. The second kappa shape index (κ2) is 5.98. The van der Waals surface area contributed by atoms with Crippen LogP contribution in [0.5, 0.6) is 0 Å². The maximum atomic E-state index is 11.0. The van der Waals surface area contributed by atoms with Gasteiger partial charge in [-0.2, -0.15) is 0 Å².